The summed E-state index contributed by atoms with van der Waals surface area (Å²) in [5.74, 6) is 0.886. The van der Waals surface area contributed by atoms with E-state index in [1.165, 1.54) is 104 Å². The average molecular weight is 873 g/mol. The second-order valence-electron chi connectivity index (χ2n) is 23.4. The molecule has 0 amide bonds. The monoisotopic (exact) mass is 872 g/mol. The summed E-state index contributed by atoms with van der Waals surface area (Å²) in [4.78, 5) is 5.34. The molecule has 0 radical (unpaired) electrons. The van der Waals surface area contributed by atoms with Crippen LogP contribution in [0.3, 0.4) is 0 Å². The lowest BCUT2D eigenvalue weighted by atomic mass is 9.36. The Kier molecular flexibility index (Phi) is 9.67. The number of furan rings is 1. The van der Waals surface area contributed by atoms with Crippen molar-refractivity contribution in [3.63, 3.8) is 0 Å². The Hall–Kier alpha value is -5.52. The number of aryl methyl sites for hydroxylation is 4. The third-order valence-corrected chi connectivity index (χ3v) is 15.5. The predicted molar refractivity (Wildman–Crippen MR) is 285 cm³/mol. The van der Waals surface area contributed by atoms with E-state index in [4.69, 9.17) is 4.42 Å². The van der Waals surface area contributed by atoms with E-state index in [1.54, 1.807) is 0 Å². The first-order valence-corrected chi connectivity index (χ1v) is 24.4. The van der Waals surface area contributed by atoms with Crippen LogP contribution in [0.2, 0.25) is 0 Å². The zero-order valence-electron chi connectivity index (χ0n) is 41.6. The molecule has 0 atom stereocenters. The Bertz CT molecular complexity index is 3180. The van der Waals surface area contributed by atoms with Crippen LogP contribution in [0.15, 0.2) is 108 Å². The largest absolute Gasteiger partial charge is 0.456 e. The first kappa shape index (κ1) is 43.4. The number of hydrogen-bond donors (Lipinski definition) is 0. The molecule has 0 saturated heterocycles. The minimum atomic E-state index is -0.133. The second kappa shape index (κ2) is 14.5. The number of para-hydroxylation sites is 1. The van der Waals surface area contributed by atoms with Crippen LogP contribution in [0.5, 0.6) is 0 Å². The molecule has 0 bridgehead atoms. The van der Waals surface area contributed by atoms with Crippen LogP contribution >= 0.6 is 11.3 Å². The van der Waals surface area contributed by atoms with Crippen LogP contribution in [-0.4, -0.2) is 6.71 Å². The minimum Gasteiger partial charge on any atom is -0.456 e. The standard InChI is InChI=1S/C60H65BN2OS/c1-34-25-41(58(8,9)10)26-35(2)53(34)62-46-29-39(50-30-38-19-17-18-20-49(38)64-50)21-23-45(46)61-52-47(62)32-43(60(14,15)16)33-48(52)63(54-36(3)27-42(28-37(54)4)59(11,12)13)55-44-31-40(57(5,6)7)22-24-51(44)65-56(55)61/h17-33H,1-16H3. The predicted octanol–water partition coefficient (Wildman–Crippen LogP) is 15.8. The van der Waals surface area contributed by atoms with Crippen molar-refractivity contribution < 1.29 is 4.42 Å². The van der Waals surface area contributed by atoms with Crippen LogP contribution in [0.25, 0.3) is 32.4 Å². The molecule has 6 aromatic carbocycles. The zero-order chi connectivity index (χ0) is 46.4. The molecule has 0 N–H and O–H groups in total. The molecule has 2 aliphatic heterocycles. The van der Waals surface area contributed by atoms with Crippen LogP contribution < -0.4 is 25.5 Å². The summed E-state index contributed by atoms with van der Waals surface area (Å²) >= 11 is 1.98. The van der Waals surface area contributed by atoms with Gasteiger partial charge in [0.15, 0.2) is 0 Å². The van der Waals surface area contributed by atoms with E-state index >= 15 is 0 Å². The van der Waals surface area contributed by atoms with Gasteiger partial charge in [-0.1, -0.05) is 144 Å². The van der Waals surface area contributed by atoms with E-state index in [1.807, 2.05) is 11.3 Å². The number of fused-ring (bicyclic) bond motifs is 7. The van der Waals surface area contributed by atoms with Crippen molar-refractivity contribution in [2.24, 2.45) is 0 Å². The minimum absolute atomic E-state index is 0.00354. The van der Waals surface area contributed by atoms with E-state index < -0.39 is 0 Å². The van der Waals surface area contributed by atoms with Gasteiger partial charge in [-0.15, -0.1) is 11.3 Å². The Morgan fingerprint density at radius 2 is 1.00 bits per heavy atom. The van der Waals surface area contributed by atoms with E-state index in [0.717, 1.165) is 22.3 Å². The molecule has 2 aliphatic rings. The van der Waals surface area contributed by atoms with Gasteiger partial charge in [0.25, 0.3) is 6.71 Å². The smallest absolute Gasteiger partial charge is 0.264 e. The number of thiophene rings is 1. The maximum atomic E-state index is 6.63. The van der Waals surface area contributed by atoms with Crippen LogP contribution in [0.1, 0.15) is 128 Å². The van der Waals surface area contributed by atoms with Crippen molar-refractivity contribution in [1.82, 2.24) is 0 Å². The summed E-state index contributed by atoms with van der Waals surface area (Å²) in [5.41, 5.74) is 22.7. The first-order chi connectivity index (χ1) is 30.4. The molecule has 0 aliphatic carbocycles. The summed E-state index contributed by atoms with van der Waals surface area (Å²) in [5, 5.41) is 2.45. The molecule has 2 aromatic heterocycles. The lowest BCUT2D eigenvalue weighted by molar-refractivity contribution is 0.589. The van der Waals surface area contributed by atoms with Crippen LogP contribution in [0.4, 0.5) is 34.1 Å². The summed E-state index contributed by atoms with van der Waals surface area (Å²) < 4.78 is 9.36. The highest BCUT2D eigenvalue weighted by Gasteiger charge is 2.47. The third-order valence-electron chi connectivity index (χ3n) is 14.3. The van der Waals surface area contributed by atoms with Crippen LogP contribution in [-0.2, 0) is 21.7 Å². The Labute approximate surface area is 392 Å². The van der Waals surface area contributed by atoms with E-state index in [9.17, 15) is 0 Å². The van der Waals surface area contributed by atoms with Crippen molar-refractivity contribution in [3.05, 3.63) is 148 Å². The maximum absolute atomic E-state index is 6.63. The van der Waals surface area contributed by atoms with Gasteiger partial charge in [-0.05, 0) is 147 Å². The van der Waals surface area contributed by atoms with Gasteiger partial charge >= 0.3 is 0 Å². The molecule has 0 saturated carbocycles. The highest BCUT2D eigenvalue weighted by molar-refractivity contribution is 7.33. The molecule has 10 rings (SSSR count). The van der Waals surface area contributed by atoms with Crippen LogP contribution in [0, 0.1) is 27.7 Å². The zero-order valence-corrected chi connectivity index (χ0v) is 42.4. The maximum Gasteiger partial charge on any atom is 0.264 e. The van der Waals surface area contributed by atoms with Gasteiger partial charge in [-0.2, -0.15) is 0 Å². The molecule has 5 heteroatoms. The fourth-order valence-electron chi connectivity index (χ4n) is 10.6. The van der Waals surface area contributed by atoms with Gasteiger partial charge in [-0.3, -0.25) is 0 Å². The van der Waals surface area contributed by atoms with E-state index in [2.05, 4.69) is 224 Å². The molecule has 0 fully saturated rings. The molecule has 3 nitrogen and oxygen atoms in total. The second-order valence-corrected chi connectivity index (χ2v) is 24.5. The molecule has 0 unspecified atom stereocenters. The highest BCUT2D eigenvalue weighted by atomic mass is 32.1. The first-order valence-electron chi connectivity index (χ1n) is 23.6. The number of nitrogens with zero attached hydrogens (tertiary/aromatic N) is 2. The normalized spacial score (nSPS) is 14.1. The quantitative estimate of drug-likeness (QED) is 0.165. The number of rotatable bonds is 3. The van der Waals surface area contributed by atoms with Gasteiger partial charge in [-0.25, -0.2) is 0 Å². The molecule has 4 heterocycles. The topological polar surface area (TPSA) is 19.6 Å². The molecule has 0 spiro atoms. The number of benzene rings is 6. The average Bonchev–Trinajstić information content (AvgIpc) is 3.82. The van der Waals surface area contributed by atoms with Gasteiger partial charge < -0.3 is 14.2 Å². The van der Waals surface area contributed by atoms with Crippen molar-refractivity contribution in [3.8, 4) is 11.3 Å². The number of anilines is 6. The SMILES string of the molecule is Cc1cc(C(C)(C)C)cc(C)c1N1c2cc(-c3cc4ccccc4o3)ccc2B2c3sc4ccc(C(C)(C)C)cc4c3N(c3c(C)cc(C(C)(C)C)cc3C)c3cc(C(C)(C)C)cc1c32. The molecule has 330 valence electrons. The Balaban J connectivity index is 1.36. The lowest BCUT2D eigenvalue weighted by Crippen LogP contribution is -2.60. The molecule has 8 aromatic rings. The number of hydrogen-bond acceptors (Lipinski definition) is 4. The van der Waals surface area contributed by atoms with Crippen molar-refractivity contribution >= 4 is 88.9 Å². The van der Waals surface area contributed by atoms with Gasteiger partial charge in [0.1, 0.15) is 11.3 Å². The molecular formula is C60H65BN2OS. The summed E-state index contributed by atoms with van der Waals surface area (Å²) in [6.07, 6.45) is 0. The third kappa shape index (κ3) is 6.98. The summed E-state index contributed by atoms with van der Waals surface area (Å²) in [7, 11) is 0. The van der Waals surface area contributed by atoms with Crippen molar-refractivity contribution in [2.75, 3.05) is 9.80 Å². The Morgan fingerprint density at radius 3 is 1.55 bits per heavy atom. The molecular weight excluding hydrogens is 808 g/mol. The fraction of sp³-hybridized carbons (Fsp3) is 0.333. The lowest BCUT2D eigenvalue weighted by Gasteiger charge is -2.45. The summed E-state index contributed by atoms with van der Waals surface area (Å²) in [6.45, 7) is 37.4. The van der Waals surface area contributed by atoms with Crippen molar-refractivity contribution in [2.45, 2.75) is 132 Å². The van der Waals surface area contributed by atoms with Gasteiger partial charge in [0.2, 0.25) is 0 Å². The van der Waals surface area contributed by atoms with E-state index in [0.29, 0.717) is 0 Å². The summed E-state index contributed by atoms with van der Waals surface area (Å²) in [6, 6.07) is 39.8. The van der Waals surface area contributed by atoms with E-state index in [-0.39, 0.29) is 28.4 Å². The molecule has 65 heavy (non-hydrogen) atoms. The van der Waals surface area contributed by atoms with Gasteiger partial charge in [0, 0.05) is 42.9 Å². The van der Waals surface area contributed by atoms with Crippen molar-refractivity contribution in [1.29, 1.82) is 0 Å². The highest BCUT2D eigenvalue weighted by Crippen LogP contribution is 2.52. The van der Waals surface area contributed by atoms with Gasteiger partial charge in [0.05, 0.1) is 17.1 Å². The Morgan fingerprint density at radius 1 is 0.477 bits per heavy atom. The fourth-order valence-corrected chi connectivity index (χ4v) is 11.9.